The minimum atomic E-state index is -4.51. The molecule has 0 saturated heterocycles. The molecule has 0 spiro atoms. The van der Waals surface area contributed by atoms with Gasteiger partial charge >= 0.3 is 12.1 Å². The normalized spacial score (nSPS) is 12.2. The molecule has 0 aliphatic heterocycles. The molecule has 4 nitrogen and oxygen atoms in total. The number of aliphatic carboxylic acids is 1. The molecule has 0 bridgehead atoms. The van der Waals surface area contributed by atoms with Crippen LogP contribution >= 0.6 is 46.7 Å². The molecule has 0 amide bonds. The fourth-order valence-electron chi connectivity index (χ4n) is 2.60. The number of aryl methyl sites for hydroxylation is 1. The molecule has 1 N–H and O–H groups in total. The van der Waals surface area contributed by atoms with Gasteiger partial charge in [-0.2, -0.15) is 17.5 Å². The number of alkyl halides is 3. The molecule has 32 heavy (non-hydrogen) atoms. The summed E-state index contributed by atoms with van der Waals surface area (Å²) in [5.74, 6) is 0.000273. The lowest BCUT2D eigenvalue weighted by Crippen LogP contribution is -2.27. The van der Waals surface area contributed by atoms with E-state index in [1.165, 1.54) is 35.4 Å². The van der Waals surface area contributed by atoms with Crippen LogP contribution in [0.4, 0.5) is 13.2 Å². The van der Waals surface area contributed by atoms with E-state index < -0.39 is 22.5 Å². The number of hydrogen-bond donors (Lipinski definition) is 1. The van der Waals surface area contributed by atoms with Gasteiger partial charge < -0.3 is 5.11 Å². The first-order chi connectivity index (χ1) is 14.9. The zero-order valence-electron chi connectivity index (χ0n) is 17.2. The molecular weight excluding hydrogens is 501 g/mol. The van der Waals surface area contributed by atoms with Crippen LogP contribution in [-0.2, 0) is 16.7 Å². The van der Waals surface area contributed by atoms with Crippen molar-refractivity contribution < 1.29 is 23.1 Å². The second-order valence-electron chi connectivity index (χ2n) is 7.34. The number of hydrogen-bond acceptors (Lipinski definition) is 6. The van der Waals surface area contributed by atoms with Crippen LogP contribution in [0.15, 0.2) is 46.2 Å². The van der Waals surface area contributed by atoms with Gasteiger partial charge in [-0.25, -0.2) is 4.98 Å². The summed E-state index contributed by atoms with van der Waals surface area (Å²) in [5, 5.41) is 9.65. The van der Waals surface area contributed by atoms with Crippen LogP contribution in [0.1, 0.15) is 30.0 Å². The van der Waals surface area contributed by atoms with Gasteiger partial charge in [0, 0.05) is 15.4 Å². The Hall–Kier alpha value is -1.75. The van der Waals surface area contributed by atoms with Crippen LogP contribution in [0.3, 0.4) is 0 Å². The average Bonchev–Trinajstić information content (AvgIpc) is 3.16. The van der Waals surface area contributed by atoms with E-state index in [1.54, 1.807) is 25.6 Å². The number of carboxylic acids is 1. The molecule has 2 aromatic carbocycles. The first-order valence-corrected chi connectivity index (χ1v) is 12.2. The number of nitrogens with zero attached hydrogens (tertiary/aromatic N) is 2. The number of rotatable bonds is 7. The summed E-state index contributed by atoms with van der Waals surface area (Å²) in [5.41, 5.74) is 0.512. The Morgan fingerprint density at radius 1 is 1.19 bits per heavy atom. The maximum Gasteiger partial charge on any atom is 0.417 e. The van der Waals surface area contributed by atoms with Gasteiger partial charge in [-0.05, 0) is 68.2 Å². The molecule has 1 heterocycles. The van der Waals surface area contributed by atoms with Crippen molar-refractivity contribution in [3.8, 4) is 11.4 Å². The van der Waals surface area contributed by atoms with Gasteiger partial charge in [0.25, 0.3) is 0 Å². The number of halogens is 4. The van der Waals surface area contributed by atoms with Crippen LogP contribution in [-0.4, -0.2) is 25.2 Å². The molecule has 0 atom stereocenters. The third-order valence-electron chi connectivity index (χ3n) is 4.39. The molecule has 0 unspecified atom stereocenters. The quantitative estimate of drug-likeness (QED) is 0.328. The molecule has 170 valence electrons. The summed E-state index contributed by atoms with van der Waals surface area (Å²) in [6.45, 7) is 5.26. The molecule has 3 rings (SSSR count). The van der Waals surface area contributed by atoms with Crippen LogP contribution in [0.5, 0.6) is 0 Å². The molecule has 0 aliphatic carbocycles. The van der Waals surface area contributed by atoms with E-state index in [1.807, 2.05) is 25.1 Å². The van der Waals surface area contributed by atoms with Crippen LogP contribution in [0, 0.1) is 6.92 Å². The Morgan fingerprint density at radius 3 is 2.50 bits per heavy atom. The van der Waals surface area contributed by atoms with E-state index in [4.69, 9.17) is 11.6 Å². The molecule has 1 aromatic heterocycles. The molecule has 3 aromatic rings. The van der Waals surface area contributed by atoms with Crippen molar-refractivity contribution >= 4 is 52.6 Å². The van der Waals surface area contributed by atoms with Crippen molar-refractivity contribution in [2.45, 2.75) is 47.2 Å². The zero-order chi connectivity index (χ0) is 23.7. The highest BCUT2D eigenvalue weighted by molar-refractivity contribution is 8.01. The summed E-state index contributed by atoms with van der Waals surface area (Å²) in [4.78, 5) is 17.7. The van der Waals surface area contributed by atoms with E-state index in [0.29, 0.717) is 17.1 Å². The highest BCUT2D eigenvalue weighted by Gasteiger charge is 2.33. The van der Waals surface area contributed by atoms with Crippen LogP contribution in [0.25, 0.3) is 11.4 Å². The number of benzene rings is 2. The van der Waals surface area contributed by atoms with Gasteiger partial charge in [-0.1, -0.05) is 17.7 Å². The van der Waals surface area contributed by atoms with E-state index >= 15 is 0 Å². The topological polar surface area (TPSA) is 63.1 Å². The van der Waals surface area contributed by atoms with Crippen molar-refractivity contribution in [2.75, 3.05) is 0 Å². The Bertz CT molecular complexity index is 1150. The van der Waals surface area contributed by atoms with Gasteiger partial charge in [0.1, 0.15) is 9.75 Å². The maximum absolute atomic E-state index is 12.9. The molecular formula is C21H18ClF3N2O2S3. The lowest BCUT2D eigenvalue weighted by Gasteiger charge is -2.19. The van der Waals surface area contributed by atoms with Gasteiger partial charge in [-0.3, -0.25) is 4.79 Å². The molecule has 0 aliphatic rings. The molecule has 0 saturated carbocycles. The lowest BCUT2D eigenvalue weighted by molar-refractivity contribution is -0.139. The smallest absolute Gasteiger partial charge is 0.417 e. The third-order valence-corrected chi connectivity index (χ3v) is 7.96. The molecule has 0 fully saturated rings. The van der Waals surface area contributed by atoms with Crippen LogP contribution in [0.2, 0.25) is 5.02 Å². The Morgan fingerprint density at radius 2 is 1.91 bits per heavy atom. The SMILES string of the molecule is Cc1cc(SCc2nc(-c3ccc(C(F)(F)F)c(Cl)c3)ns2)ccc1SC(C)(C)C(=O)O. The second-order valence-corrected chi connectivity index (χ2v) is 11.3. The summed E-state index contributed by atoms with van der Waals surface area (Å²) in [6, 6.07) is 9.29. The first-order valence-electron chi connectivity index (χ1n) is 9.22. The highest BCUT2D eigenvalue weighted by atomic mass is 35.5. The third kappa shape index (κ3) is 5.98. The van der Waals surface area contributed by atoms with Gasteiger partial charge in [0.15, 0.2) is 5.82 Å². The Kier molecular flexibility index (Phi) is 7.48. The monoisotopic (exact) mass is 518 g/mol. The second kappa shape index (κ2) is 9.62. The van der Waals surface area contributed by atoms with Gasteiger partial charge in [-0.15, -0.1) is 23.5 Å². The fourth-order valence-corrected chi connectivity index (χ4v) is 5.52. The predicted molar refractivity (Wildman–Crippen MR) is 124 cm³/mol. The van der Waals surface area contributed by atoms with E-state index in [-0.39, 0.29) is 5.02 Å². The standard InChI is InChI=1S/C21H18ClF3N2O2S3/c1-11-8-13(5-7-16(11)31-20(2,3)19(28)29)30-10-17-26-18(27-32-17)12-4-6-14(15(22)9-12)21(23,24)25/h4-9H,10H2,1-3H3,(H,28,29). The Labute approximate surface area is 200 Å². The summed E-state index contributed by atoms with van der Waals surface area (Å²) in [7, 11) is 0. The largest absolute Gasteiger partial charge is 0.480 e. The number of carboxylic acid groups (broad SMARTS) is 1. The van der Waals surface area contributed by atoms with Crippen LogP contribution < -0.4 is 0 Å². The zero-order valence-corrected chi connectivity index (χ0v) is 20.4. The predicted octanol–water partition coefficient (Wildman–Crippen LogP) is 7.43. The minimum absolute atomic E-state index is 0.333. The van der Waals surface area contributed by atoms with Crippen molar-refractivity contribution in [1.29, 1.82) is 0 Å². The summed E-state index contributed by atoms with van der Waals surface area (Å²) >= 11 is 9.81. The average molecular weight is 519 g/mol. The fraction of sp³-hybridized carbons (Fsp3) is 0.286. The summed E-state index contributed by atoms with van der Waals surface area (Å²) in [6.07, 6.45) is -4.51. The number of aromatic nitrogens is 2. The van der Waals surface area contributed by atoms with Crippen molar-refractivity contribution in [1.82, 2.24) is 9.36 Å². The van der Waals surface area contributed by atoms with E-state index in [2.05, 4.69) is 9.36 Å². The van der Waals surface area contributed by atoms with E-state index in [9.17, 15) is 23.1 Å². The highest BCUT2D eigenvalue weighted by Crippen LogP contribution is 2.38. The first kappa shape index (κ1) is 24.9. The number of thioether (sulfide) groups is 2. The molecule has 0 radical (unpaired) electrons. The van der Waals surface area contributed by atoms with Crippen molar-refractivity contribution in [2.24, 2.45) is 0 Å². The minimum Gasteiger partial charge on any atom is -0.480 e. The molecule has 11 heteroatoms. The number of carbonyl (C=O) groups is 1. The van der Waals surface area contributed by atoms with Crippen molar-refractivity contribution in [3.63, 3.8) is 0 Å². The lowest BCUT2D eigenvalue weighted by atomic mass is 10.1. The Balaban J connectivity index is 1.67. The van der Waals surface area contributed by atoms with Gasteiger partial charge in [0.05, 0.1) is 16.3 Å². The van der Waals surface area contributed by atoms with Crippen molar-refractivity contribution in [3.05, 3.63) is 57.6 Å². The maximum atomic E-state index is 12.9. The van der Waals surface area contributed by atoms with Gasteiger partial charge in [0.2, 0.25) is 0 Å². The summed E-state index contributed by atoms with van der Waals surface area (Å²) < 4.78 is 41.9. The van der Waals surface area contributed by atoms with E-state index in [0.717, 1.165) is 26.4 Å².